The fourth-order valence-electron chi connectivity index (χ4n) is 1.54. The number of methoxy groups -OCH3 is 1. The third-order valence-electron chi connectivity index (χ3n) is 2.39. The Kier molecular flexibility index (Phi) is 4.30. The number of hydrogen-bond acceptors (Lipinski definition) is 3. The first kappa shape index (κ1) is 14.1. The molecule has 6 heteroatoms. The fourth-order valence-corrected chi connectivity index (χ4v) is 2.25. The highest BCUT2D eigenvalue weighted by Crippen LogP contribution is 2.30. The molecule has 1 aromatic heterocycles. The molecule has 0 unspecified atom stereocenters. The predicted molar refractivity (Wildman–Crippen MR) is 76.0 cm³/mol. The molecule has 0 radical (unpaired) electrons. The average Bonchev–Trinajstić information content (AvgIpc) is 2.37. The maximum atomic E-state index is 11.5. The van der Waals surface area contributed by atoms with Gasteiger partial charge in [0.2, 0.25) is 0 Å². The summed E-state index contributed by atoms with van der Waals surface area (Å²) in [5.74, 6) is -0.561. The molecule has 0 aliphatic carbocycles. The molecule has 0 fully saturated rings. The van der Waals surface area contributed by atoms with Crippen molar-refractivity contribution in [1.29, 1.82) is 0 Å². The molecule has 0 aliphatic rings. The minimum absolute atomic E-state index is 0.121. The van der Waals surface area contributed by atoms with E-state index in [1.807, 2.05) is 0 Å². The highest BCUT2D eigenvalue weighted by Gasteiger charge is 2.13. The van der Waals surface area contributed by atoms with Gasteiger partial charge in [0.05, 0.1) is 17.8 Å². The van der Waals surface area contributed by atoms with E-state index in [1.54, 1.807) is 24.3 Å². The number of aromatic nitrogens is 1. The van der Waals surface area contributed by atoms with Crippen LogP contribution in [0.15, 0.2) is 30.3 Å². The summed E-state index contributed by atoms with van der Waals surface area (Å²) in [6.07, 6.45) is 0. The second kappa shape index (κ2) is 5.78. The van der Waals surface area contributed by atoms with Crippen LogP contribution in [-0.2, 0) is 4.74 Å². The molecule has 2 rings (SSSR count). The first-order valence-electron chi connectivity index (χ1n) is 5.22. The summed E-state index contributed by atoms with van der Waals surface area (Å²) in [7, 11) is 1.28. The Morgan fingerprint density at radius 3 is 2.47 bits per heavy atom. The number of esters is 1. The Bertz CT molecular complexity index is 644. The molecule has 0 spiro atoms. The minimum atomic E-state index is -0.561. The molecule has 19 heavy (non-hydrogen) atoms. The largest absolute Gasteiger partial charge is 0.464 e. The fraction of sp³-hybridized carbons (Fsp3) is 0.0769. The summed E-state index contributed by atoms with van der Waals surface area (Å²) in [5.41, 5.74) is 1.24. The van der Waals surface area contributed by atoms with Gasteiger partial charge in [0, 0.05) is 15.6 Å². The van der Waals surface area contributed by atoms with Gasteiger partial charge in [-0.05, 0) is 30.3 Å². The van der Waals surface area contributed by atoms with E-state index in [2.05, 4.69) is 9.72 Å². The van der Waals surface area contributed by atoms with Crippen LogP contribution in [0.1, 0.15) is 10.5 Å². The molecule has 0 bridgehead atoms. The van der Waals surface area contributed by atoms with Gasteiger partial charge < -0.3 is 4.74 Å². The normalized spacial score (nSPS) is 10.3. The number of nitrogens with zero attached hydrogens (tertiary/aromatic N) is 1. The number of hydrogen-bond donors (Lipinski definition) is 0. The van der Waals surface area contributed by atoms with Crippen molar-refractivity contribution < 1.29 is 9.53 Å². The third-order valence-corrected chi connectivity index (χ3v) is 3.16. The number of benzene rings is 1. The molecule has 2 aromatic rings. The molecule has 1 aromatic carbocycles. The van der Waals surface area contributed by atoms with Crippen LogP contribution in [0.3, 0.4) is 0 Å². The number of rotatable bonds is 2. The average molecular weight is 317 g/mol. The lowest BCUT2D eigenvalue weighted by Gasteiger charge is -2.07. The number of ether oxygens (including phenoxy) is 1. The van der Waals surface area contributed by atoms with Gasteiger partial charge >= 0.3 is 5.97 Å². The maximum Gasteiger partial charge on any atom is 0.356 e. The molecule has 0 atom stereocenters. The van der Waals surface area contributed by atoms with Crippen LogP contribution in [0.5, 0.6) is 0 Å². The second-order valence-corrected chi connectivity index (χ2v) is 4.95. The molecule has 1 heterocycles. The van der Waals surface area contributed by atoms with E-state index in [0.717, 1.165) is 0 Å². The van der Waals surface area contributed by atoms with Crippen molar-refractivity contribution in [3.05, 3.63) is 51.1 Å². The number of carbonyl (C=O) groups excluding carboxylic acids is 1. The highest BCUT2D eigenvalue weighted by molar-refractivity contribution is 6.36. The zero-order valence-electron chi connectivity index (χ0n) is 9.78. The molecule has 0 saturated heterocycles. The van der Waals surface area contributed by atoms with Crippen LogP contribution in [-0.4, -0.2) is 18.1 Å². The zero-order valence-corrected chi connectivity index (χ0v) is 12.1. The van der Waals surface area contributed by atoms with Crippen LogP contribution in [0, 0.1) is 0 Å². The standard InChI is InChI=1S/C13H8Cl3NO2/c1-19-13(18)12-6-8(15)5-11(17-12)9-3-2-7(14)4-10(9)16/h2-6H,1H3. The zero-order chi connectivity index (χ0) is 14.0. The summed E-state index contributed by atoms with van der Waals surface area (Å²) >= 11 is 17.9. The van der Waals surface area contributed by atoms with Crippen molar-refractivity contribution >= 4 is 40.8 Å². The molecule has 0 N–H and O–H groups in total. The van der Waals surface area contributed by atoms with Crippen LogP contribution in [0.25, 0.3) is 11.3 Å². The maximum absolute atomic E-state index is 11.5. The highest BCUT2D eigenvalue weighted by atomic mass is 35.5. The lowest BCUT2D eigenvalue weighted by atomic mass is 10.1. The van der Waals surface area contributed by atoms with Crippen molar-refractivity contribution in [3.63, 3.8) is 0 Å². The summed E-state index contributed by atoms with van der Waals surface area (Å²) in [6.45, 7) is 0. The number of pyridine rings is 1. The van der Waals surface area contributed by atoms with Gasteiger partial charge in [0.25, 0.3) is 0 Å². The Labute approximate surface area is 125 Å². The van der Waals surface area contributed by atoms with E-state index in [0.29, 0.717) is 26.3 Å². The van der Waals surface area contributed by atoms with E-state index in [9.17, 15) is 4.79 Å². The van der Waals surface area contributed by atoms with Crippen molar-refractivity contribution in [1.82, 2.24) is 4.98 Å². The molecule has 0 aliphatic heterocycles. The summed E-state index contributed by atoms with van der Waals surface area (Å²) in [6, 6.07) is 8.04. The van der Waals surface area contributed by atoms with E-state index >= 15 is 0 Å². The first-order chi connectivity index (χ1) is 9.01. The van der Waals surface area contributed by atoms with Crippen molar-refractivity contribution in [2.75, 3.05) is 7.11 Å². The van der Waals surface area contributed by atoms with E-state index in [1.165, 1.54) is 13.2 Å². The summed E-state index contributed by atoms with van der Waals surface area (Å²) < 4.78 is 4.62. The van der Waals surface area contributed by atoms with Gasteiger partial charge in [-0.15, -0.1) is 0 Å². The smallest absolute Gasteiger partial charge is 0.356 e. The lowest BCUT2D eigenvalue weighted by molar-refractivity contribution is 0.0594. The quantitative estimate of drug-likeness (QED) is 0.766. The van der Waals surface area contributed by atoms with Gasteiger partial charge in [0.15, 0.2) is 5.69 Å². The van der Waals surface area contributed by atoms with Crippen LogP contribution in [0.2, 0.25) is 15.1 Å². The van der Waals surface area contributed by atoms with Gasteiger partial charge in [-0.3, -0.25) is 0 Å². The van der Waals surface area contributed by atoms with E-state index in [4.69, 9.17) is 34.8 Å². The van der Waals surface area contributed by atoms with Crippen LogP contribution < -0.4 is 0 Å². The lowest BCUT2D eigenvalue weighted by Crippen LogP contribution is -2.05. The van der Waals surface area contributed by atoms with Crippen LogP contribution >= 0.6 is 34.8 Å². The molecular formula is C13H8Cl3NO2. The third kappa shape index (κ3) is 3.18. The van der Waals surface area contributed by atoms with Crippen molar-refractivity contribution in [3.8, 4) is 11.3 Å². The molecule has 0 amide bonds. The Morgan fingerprint density at radius 1 is 1.11 bits per heavy atom. The summed E-state index contributed by atoms with van der Waals surface area (Å²) in [4.78, 5) is 15.7. The van der Waals surface area contributed by atoms with Gasteiger partial charge in [-0.1, -0.05) is 34.8 Å². The number of halogens is 3. The van der Waals surface area contributed by atoms with Gasteiger partial charge in [0.1, 0.15) is 0 Å². The molecular weight excluding hydrogens is 309 g/mol. The minimum Gasteiger partial charge on any atom is -0.464 e. The van der Waals surface area contributed by atoms with E-state index in [-0.39, 0.29) is 5.69 Å². The monoisotopic (exact) mass is 315 g/mol. The van der Waals surface area contributed by atoms with Crippen LogP contribution in [0.4, 0.5) is 0 Å². The Balaban J connectivity index is 2.56. The predicted octanol–water partition coefficient (Wildman–Crippen LogP) is 4.50. The topological polar surface area (TPSA) is 39.2 Å². The first-order valence-corrected chi connectivity index (χ1v) is 6.36. The number of carbonyl (C=O) groups is 1. The van der Waals surface area contributed by atoms with Gasteiger partial charge in [-0.25, -0.2) is 9.78 Å². The molecule has 98 valence electrons. The molecule has 3 nitrogen and oxygen atoms in total. The van der Waals surface area contributed by atoms with Crippen molar-refractivity contribution in [2.24, 2.45) is 0 Å². The molecule has 0 saturated carbocycles. The Hall–Kier alpha value is -1.29. The summed E-state index contributed by atoms with van der Waals surface area (Å²) in [5, 5.41) is 1.32. The Morgan fingerprint density at radius 2 is 1.84 bits per heavy atom. The van der Waals surface area contributed by atoms with Crippen molar-refractivity contribution in [2.45, 2.75) is 0 Å². The second-order valence-electron chi connectivity index (χ2n) is 3.67. The van der Waals surface area contributed by atoms with E-state index < -0.39 is 5.97 Å². The van der Waals surface area contributed by atoms with Gasteiger partial charge in [-0.2, -0.15) is 0 Å². The SMILES string of the molecule is COC(=O)c1cc(Cl)cc(-c2ccc(Cl)cc2Cl)n1.